The molecule has 0 fully saturated rings. The van der Waals surface area contributed by atoms with Crippen molar-refractivity contribution in [1.29, 1.82) is 0 Å². The molecule has 6 aromatic heterocycles. The molecule has 0 bridgehead atoms. The standard InChI is InChI=1S/C52H32N2.2C44H28N2/c1-5-17-39-35(13-1)29-36-14-2-6-18-40(36)51(39)53-48-24-12-10-22-44(48)46-31-33(26-28-49(46)53)34-25-27-45-43-21-9-11-23-47(43)54(50(45)32-34)52-41-19-7-3-15-37(41)30-38-16-4-8-20-42(38)52;1-2-14-33(15-3-1)45-40-20-10-9-19-37(40)39-27-29(23-25-42(39)45)30-22-24-38-36-18-8-11-21-41(36)46(43(38)28-30)44-34-16-6-4-12-31(34)26-32-13-5-7-17-35(32)44;1-2-14-33(15-3-1)45-40-20-10-8-18-36(40)38-24-22-30(28-43(38)45)29-23-25-42-39(27-29)37-19-9-11-21-41(37)46(42)44-34-16-6-4-12-31(34)26-32-13-5-7-17-35(32)44/h1-32H;2*1-28H. The Hall–Kier alpha value is -19.4. The number of fused-ring (bicyclic) bond motifs is 26. The van der Waals surface area contributed by atoms with Crippen LogP contribution in [0.3, 0.4) is 0 Å². The van der Waals surface area contributed by atoms with E-state index < -0.39 is 0 Å². The fraction of sp³-hybridized carbons (Fsp3) is 0. The fourth-order valence-electron chi connectivity index (χ4n) is 24.5. The van der Waals surface area contributed by atoms with Crippen molar-refractivity contribution < 1.29 is 0 Å². The Balaban J connectivity index is 0.000000102. The first-order chi connectivity index (χ1) is 72.5. The summed E-state index contributed by atoms with van der Waals surface area (Å²) in [6.45, 7) is 0. The molecule has 6 nitrogen and oxygen atoms in total. The molecular formula is C140H88N6. The van der Waals surface area contributed by atoms with Crippen LogP contribution in [-0.2, 0) is 0 Å². The molecule has 26 aromatic carbocycles. The van der Waals surface area contributed by atoms with Crippen LogP contribution in [0.4, 0.5) is 0 Å². The third-order valence-electron chi connectivity index (χ3n) is 30.9. The lowest BCUT2D eigenvalue weighted by molar-refractivity contribution is 1.18. The summed E-state index contributed by atoms with van der Waals surface area (Å²) < 4.78 is 14.8. The molecule has 6 heteroatoms. The molecule has 0 atom stereocenters. The van der Waals surface area contributed by atoms with Crippen molar-refractivity contribution in [3.8, 4) is 67.5 Å². The summed E-state index contributed by atoms with van der Waals surface area (Å²) in [5, 5.41) is 35.1. The highest BCUT2D eigenvalue weighted by Gasteiger charge is 2.27. The third-order valence-corrected chi connectivity index (χ3v) is 30.9. The zero-order valence-corrected chi connectivity index (χ0v) is 79.5. The second kappa shape index (κ2) is 33.1. The Bertz CT molecular complexity index is 10900. The molecule has 0 aliphatic heterocycles. The Morgan fingerprint density at radius 2 is 0.247 bits per heavy atom. The Labute approximate surface area is 839 Å². The van der Waals surface area contributed by atoms with E-state index in [-0.39, 0.29) is 0 Å². The van der Waals surface area contributed by atoms with Crippen LogP contribution in [0, 0.1) is 0 Å². The minimum Gasteiger partial charge on any atom is -0.309 e. The highest BCUT2D eigenvalue weighted by atomic mass is 15.0. The quantitative estimate of drug-likeness (QED) is 0.129. The normalized spacial score (nSPS) is 12.0. The average Bonchev–Trinajstić information content (AvgIpc) is 1.55. The minimum atomic E-state index is 1.17. The van der Waals surface area contributed by atoms with Gasteiger partial charge in [0.25, 0.3) is 0 Å². The first-order valence-electron chi connectivity index (χ1n) is 50.4. The first-order valence-corrected chi connectivity index (χ1v) is 50.4. The first kappa shape index (κ1) is 82.5. The van der Waals surface area contributed by atoms with E-state index in [2.05, 4.69) is 561 Å². The van der Waals surface area contributed by atoms with Crippen LogP contribution in [0.25, 0.3) is 285 Å². The van der Waals surface area contributed by atoms with Gasteiger partial charge in [-0.3, -0.25) is 0 Å². The van der Waals surface area contributed by atoms with E-state index in [9.17, 15) is 0 Å². The highest BCUT2D eigenvalue weighted by molar-refractivity contribution is 6.23. The molecule has 146 heavy (non-hydrogen) atoms. The SMILES string of the molecule is c1ccc(-n2c3ccccc3c3cc(-c4ccc5c6ccccc6n(-c6c7ccccc7cc7ccccc67)c5c4)ccc32)cc1.c1ccc(-n2c3ccccc3c3ccc(-c4ccc5c(c4)c4ccccc4n5-c4c5ccccc5cc5ccccc45)cc32)cc1.c1ccc2c(-n3c4ccccc4c4cc(-c5ccc6c7ccccc7n(-c7c8ccccc8cc8ccccc78)c6c5)ccc43)c3ccccc3cc2c1. The van der Waals surface area contributed by atoms with Gasteiger partial charge in [0.05, 0.1) is 88.9 Å². The molecule has 0 saturated heterocycles. The number of hydrogen-bond donors (Lipinski definition) is 0. The van der Waals surface area contributed by atoms with Gasteiger partial charge in [-0.15, -0.1) is 0 Å². The molecule has 32 aromatic rings. The summed E-state index contributed by atoms with van der Waals surface area (Å²) in [5.41, 5.74) is 29.1. The topological polar surface area (TPSA) is 29.6 Å². The lowest BCUT2D eigenvalue weighted by Gasteiger charge is -2.16. The molecule has 0 saturated carbocycles. The molecule has 0 amide bonds. The van der Waals surface area contributed by atoms with Crippen LogP contribution < -0.4 is 0 Å². The number of benzene rings is 26. The van der Waals surface area contributed by atoms with Gasteiger partial charge in [0.1, 0.15) is 0 Å². The molecular weight excluding hydrogens is 1770 g/mol. The van der Waals surface area contributed by atoms with E-state index in [1.807, 2.05) is 0 Å². The van der Waals surface area contributed by atoms with Crippen molar-refractivity contribution in [3.63, 3.8) is 0 Å². The maximum Gasteiger partial charge on any atom is 0.0618 e. The number of para-hydroxylation sites is 8. The Morgan fingerprint density at radius 1 is 0.0890 bits per heavy atom. The van der Waals surface area contributed by atoms with Gasteiger partial charge in [0.15, 0.2) is 0 Å². The molecule has 32 rings (SSSR count). The summed E-state index contributed by atoms with van der Waals surface area (Å²) >= 11 is 0. The largest absolute Gasteiger partial charge is 0.309 e. The number of rotatable bonds is 9. The molecule has 0 N–H and O–H groups in total. The molecule has 0 radical (unpaired) electrons. The van der Waals surface area contributed by atoms with E-state index in [1.165, 1.54) is 285 Å². The van der Waals surface area contributed by atoms with Crippen molar-refractivity contribution in [1.82, 2.24) is 27.4 Å². The van der Waals surface area contributed by atoms with Crippen molar-refractivity contribution in [3.05, 3.63) is 534 Å². The predicted molar refractivity (Wildman–Crippen MR) is 622 cm³/mol. The van der Waals surface area contributed by atoms with Crippen molar-refractivity contribution in [2.45, 2.75) is 0 Å². The van der Waals surface area contributed by atoms with E-state index in [1.54, 1.807) is 0 Å². The van der Waals surface area contributed by atoms with Crippen LogP contribution >= 0.6 is 0 Å². The molecule has 0 spiro atoms. The zero-order chi connectivity index (χ0) is 95.7. The Kier molecular flexibility index (Phi) is 18.7. The van der Waals surface area contributed by atoms with Crippen molar-refractivity contribution >= 4 is 217 Å². The number of aromatic nitrogens is 6. The summed E-state index contributed by atoms with van der Waals surface area (Å²) in [7, 11) is 0. The average molecular weight is 1850 g/mol. The summed E-state index contributed by atoms with van der Waals surface area (Å²) in [6.07, 6.45) is 0. The molecule has 0 aliphatic carbocycles. The van der Waals surface area contributed by atoms with Crippen LogP contribution in [0.15, 0.2) is 534 Å². The molecule has 678 valence electrons. The van der Waals surface area contributed by atoms with Crippen molar-refractivity contribution in [2.75, 3.05) is 0 Å². The lowest BCUT2D eigenvalue weighted by Crippen LogP contribution is -1.97. The second-order valence-corrected chi connectivity index (χ2v) is 38.8. The van der Waals surface area contributed by atoms with Crippen molar-refractivity contribution in [2.24, 2.45) is 0 Å². The monoisotopic (exact) mass is 1850 g/mol. The fourth-order valence-corrected chi connectivity index (χ4v) is 24.5. The zero-order valence-electron chi connectivity index (χ0n) is 79.5. The number of hydrogen-bond acceptors (Lipinski definition) is 0. The second-order valence-electron chi connectivity index (χ2n) is 38.8. The van der Waals surface area contributed by atoms with Gasteiger partial charge >= 0.3 is 0 Å². The smallest absolute Gasteiger partial charge is 0.0618 e. The minimum absolute atomic E-state index is 1.17. The van der Waals surface area contributed by atoms with Crippen LogP contribution in [0.5, 0.6) is 0 Å². The lowest BCUT2D eigenvalue weighted by atomic mass is 9.99. The summed E-state index contributed by atoms with van der Waals surface area (Å²) in [6, 6.07) is 196. The number of nitrogens with zero attached hydrogens (tertiary/aromatic N) is 6. The van der Waals surface area contributed by atoms with E-state index >= 15 is 0 Å². The van der Waals surface area contributed by atoms with Crippen LogP contribution in [0.2, 0.25) is 0 Å². The van der Waals surface area contributed by atoms with Gasteiger partial charge in [0.2, 0.25) is 0 Å². The van der Waals surface area contributed by atoms with E-state index in [4.69, 9.17) is 0 Å². The highest BCUT2D eigenvalue weighted by Crippen LogP contribution is 2.49. The van der Waals surface area contributed by atoms with Gasteiger partial charge in [-0.1, -0.05) is 394 Å². The maximum atomic E-state index is 2.51. The Morgan fingerprint density at radius 3 is 0.500 bits per heavy atom. The van der Waals surface area contributed by atoms with Crippen LogP contribution in [-0.4, -0.2) is 27.4 Å². The molecule has 0 aliphatic rings. The van der Waals surface area contributed by atoms with Gasteiger partial charge in [0, 0.05) is 119 Å². The molecule has 6 heterocycles. The van der Waals surface area contributed by atoms with Gasteiger partial charge in [-0.25, -0.2) is 0 Å². The van der Waals surface area contributed by atoms with E-state index in [0.717, 1.165) is 0 Å². The van der Waals surface area contributed by atoms with Gasteiger partial charge in [-0.05, 0) is 216 Å². The third kappa shape index (κ3) is 12.9. The van der Waals surface area contributed by atoms with Gasteiger partial charge < -0.3 is 27.4 Å². The summed E-state index contributed by atoms with van der Waals surface area (Å²) in [5.74, 6) is 0. The predicted octanol–water partition coefficient (Wildman–Crippen LogP) is 37.9. The summed E-state index contributed by atoms with van der Waals surface area (Å²) in [4.78, 5) is 0. The van der Waals surface area contributed by atoms with E-state index in [0.29, 0.717) is 0 Å². The molecule has 0 unspecified atom stereocenters. The van der Waals surface area contributed by atoms with Crippen LogP contribution in [0.1, 0.15) is 0 Å². The maximum absolute atomic E-state index is 2.51. The van der Waals surface area contributed by atoms with Gasteiger partial charge in [-0.2, -0.15) is 0 Å².